The van der Waals surface area contributed by atoms with Crippen LogP contribution < -0.4 is 5.32 Å². The van der Waals surface area contributed by atoms with Gasteiger partial charge in [-0.05, 0) is 25.3 Å². The summed E-state index contributed by atoms with van der Waals surface area (Å²) in [6, 6.07) is 7.46. The lowest BCUT2D eigenvalue weighted by molar-refractivity contribution is -0.141. The Morgan fingerprint density at radius 1 is 1.27 bits per heavy atom. The maximum absolute atomic E-state index is 12.4. The lowest BCUT2D eigenvalue weighted by atomic mass is 9.97. The number of hydrogen-bond acceptors (Lipinski definition) is 4. The minimum absolute atomic E-state index is 0.0159. The number of carbonyl (C=O) groups excluding carboxylic acids is 2. The van der Waals surface area contributed by atoms with Crippen LogP contribution in [0, 0.1) is 12.8 Å². The van der Waals surface area contributed by atoms with Gasteiger partial charge in [0.25, 0.3) is 0 Å². The molecular weight excluding hydrogens is 282 g/mol. The fourth-order valence-corrected chi connectivity index (χ4v) is 2.55. The van der Waals surface area contributed by atoms with Crippen molar-refractivity contribution in [3.05, 3.63) is 35.4 Å². The maximum atomic E-state index is 12.4. The Kier molecular flexibility index (Phi) is 5.95. The molecule has 1 unspecified atom stereocenters. The molecule has 1 aromatic carbocycles. The number of esters is 1. The van der Waals surface area contributed by atoms with Gasteiger partial charge in [0.2, 0.25) is 5.91 Å². The number of carbonyl (C=O) groups is 2. The number of rotatable bonds is 5. The van der Waals surface area contributed by atoms with Crippen LogP contribution in [0.2, 0.25) is 0 Å². The third kappa shape index (κ3) is 4.56. The molecule has 1 fully saturated rings. The van der Waals surface area contributed by atoms with Gasteiger partial charge in [0.05, 0.1) is 19.6 Å². The molecule has 1 aromatic rings. The van der Waals surface area contributed by atoms with E-state index in [0.29, 0.717) is 13.2 Å². The van der Waals surface area contributed by atoms with Crippen LogP contribution in [0.1, 0.15) is 36.4 Å². The highest BCUT2D eigenvalue weighted by molar-refractivity contribution is 5.80. The van der Waals surface area contributed by atoms with E-state index in [1.54, 1.807) is 0 Å². The molecule has 1 N–H and O–H groups in total. The fraction of sp³-hybridized carbons (Fsp3) is 0.529. The Hall–Kier alpha value is -1.88. The molecular formula is C17H23NO4. The summed E-state index contributed by atoms with van der Waals surface area (Å²) in [5.41, 5.74) is 2.05. The van der Waals surface area contributed by atoms with E-state index < -0.39 is 0 Å². The zero-order valence-corrected chi connectivity index (χ0v) is 13.1. The molecule has 0 radical (unpaired) electrons. The summed E-state index contributed by atoms with van der Waals surface area (Å²) in [7, 11) is 1.36. The molecule has 0 aromatic heterocycles. The number of ether oxygens (including phenoxy) is 2. The molecule has 0 spiro atoms. The van der Waals surface area contributed by atoms with Crippen molar-refractivity contribution in [2.24, 2.45) is 5.92 Å². The first-order valence-electron chi connectivity index (χ1n) is 7.61. The van der Waals surface area contributed by atoms with E-state index >= 15 is 0 Å². The van der Waals surface area contributed by atoms with E-state index in [9.17, 15) is 9.59 Å². The van der Waals surface area contributed by atoms with Crippen molar-refractivity contribution >= 4 is 11.9 Å². The van der Waals surface area contributed by atoms with Gasteiger partial charge in [-0.25, -0.2) is 0 Å². The van der Waals surface area contributed by atoms with Crippen LogP contribution in [0.15, 0.2) is 24.3 Å². The fourth-order valence-electron chi connectivity index (χ4n) is 2.55. The summed E-state index contributed by atoms with van der Waals surface area (Å²) in [5, 5.41) is 2.99. The number of benzene rings is 1. The molecule has 1 heterocycles. The molecule has 5 nitrogen and oxygen atoms in total. The summed E-state index contributed by atoms with van der Waals surface area (Å²) in [6.07, 6.45) is 1.59. The van der Waals surface area contributed by atoms with E-state index in [-0.39, 0.29) is 30.3 Å². The lowest BCUT2D eigenvalue weighted by Crippen LogP contribution is -2.37. The molecule has 1 amide bonds. The summed E-state index contributed by atoms with van der Waals surface area (Å²) in [4.78, 5) is 24.0. The average Bonchev–Trinajstić information content (AvgIpc) is 2.55. The van der Waals surface area contributed by atoms with Crippen LogP contribution in [0.5, 0.6) is 0 Å². The Morgan fingerprint density at radius 3 is 2.50 bits per heavy atom. The van der Waals surface area contributed by atoms with Crippen molar-refractivity contribution in [1.29, 1.82) is 0 Å². The molecule has 1 aliphatic heterocycles. The topological polar surface area (TPSA) is 64.6 Å². The highest BCUT2D eigenvalue weighted by Gasteiger charge is 2.25. The number of methoxy groups -OCH3 is 1. The van der Waals surface area contributed by atoms with Crippen molar-refractivity contribution in [1.82, 2.24) is 5.32 Å². The molecule has 1 saturated heterocycles. The Bertz CT molecular complexity index is 506. The summed E-state index contributed by atoms with van der Waals surface area (Å²) >= 11 is 0. The minimum Gasteiger partial charge on any atom is -0.469 e. The van der Waals surface area contributed by atoms with Crippen molar-refractivity contribution in [2.45, 2.75) is 32.2 Å². The van der Waals surface area contributed by atoms with Gasteiger partial charge in [-0.2, -0.15) is 0 Å². The normalized spacial score (nSPS) is 16.8. The lowest BCUT2D eigenvalue weighted by Gasteiger charge is -2.25. The van der Waals surface area contributed by atoms with Crippen LogP contribution in [0.3, 0.4) is 0 Å². The van der Waals surface area contributed by atoms with Gasteiger partial charge in [0, 0.05) is 19.1 Å². The second-order valence-corrected chi connectivity index (χ2v) is 5.64. The highest BCUT2D eigenvalue weighted by Crippen LogP contribution is 2.21. The first-order valence-corrected chi connectivity index (χ1v) is 7.61. The van der Waals surface area contributed by atoms with E-state index in [1.165, 1.54) is 7.11 Å². The minimum atomic E-state index is -0.358. The van der Waals surface area contributed by atoms with Crippen LogP contribution in [0.4, 0.5) is 0 Å². The predicted octanol–water partition coefficient (Wildman–Crippen LogP) is 2.14. The molecule has 1 aliphatic rings. The summed E-state index contributed by atoms with van der Waals surface area (Å²) in [5.74, 6) is -0.394. The zero-order valence-electron chi connectivity index (χ0n) is 13.1. The molecule has 0 aliphatic carbocycles. The van der Waals surface area contributed by atoms with Gasteiger partial charge >= 0.3 is 5.97 Å². The zero-order chi connectivity index (χ0) is 15.9. The van der Waals surface area contributed by atoms with E-state index in [2.05, 4.69) is 5.32 Å². The smallest absolute Gasteiger partial charge is 0.307 e. The van der Waals surface area contributed by atoms with Crippen molar-refractivity contribution in [2.75, 3.05) is 20.3 Å². The van der Waals surface area contributed by atoms with Crippen molar-refractivity contribution in [3.63, 3.8) is 0 Å². The van der Waals surface area contributed by atoms with Crippen LogP contribution >= 0.6 is 0 Å². The summed E-state index contributed by atoms with van der Waals surface area (Å²) < 4.78 is 10.0. The Labute approximate surface area is 131 Å². The average molecular weight is 305 g/mol. The van der Waals surface area contributed by atoms with Gasteiger partial charge in [0.15, 0.2) is 0 Å². The molecule has 120 valence electrons. The molecule has 22 heavy (non-hydrogen) atoms. The van der Waals surface area contributed by atoms with Gasteiger partial charge < -0.3 is 14.8 Å². The van der Waals surface area contributed by atoms with Gasteiger partial charge in [-0.1, -0.05) is 29.8 Å². The molecule has 5 heteroatoms. The third-order valence-corrected chi connectivity index (χ3v) is 3.99. The number of amides is 1. The first-order chi connectivity index (χ1) is 10.6. The van der Waals surface area contributed by atoms with Crippen LogP contribution in [-0.4, -0.2) is 32.2 Å². The van der Waals surface area contributed by atoms with Crippen LogP contribution in [-0.2, 0) is 19.1 Å². The summed E-state index contributed by atoms with van der Waals surface area (Å²) in [6.45, 7) is 3.23. The molecule has 2 rings (SSSR count). The predicted molar refractivity (Wildman–Crippen MR) is 82.2 cm³/mol. The van der Waals surface area contributed by atoms with Crippen molar-refractivity contribution in [3.8, 4) is 0 Å². The molecule has 0 bridgehead atoms. The van der Waals surface area contributed by atoms with E-state index in [4.69, 9.17) is 9.47 Å². The number of nitrogens with one attached hydrogen (secondary N) is 1. The Morgan fingerprint density at radius 2 is 1.91 bits per heavy atom. The Balaban J connectivity index is 2.07. The second kappa shape index (κ2) is 7.94. The van der Waals surface area contributed by atoms with Gasteiger partial charge in [-0.15, -0.1) is 0 Å². The third-order valence-electron chi connectivity index (χ3n) is 3.99. The second-order valence-electron chi connectivity index (χ2n) is 5.64. The SMILES string of the molecule is COC(=O)CC(NC(=O)C1CCOCC1)c1ccc(C)cc1. The molecule has 0 saturated carbocycles. The first kappa shape index (κ1) is 16.5. The standard InChI is InChI=1S/C17H23NO4/c1-12-3-5-13(6-4-12)15(11-16(19)21-2)18-17(20)14-7-9-22-10-8-14/h3-6,14-15H,7-11H2,1-2H3,(H,18,20). The highest BCUT2D eigenvalue weighted by atomic mass is 16.5. The molecule has 1 atom stereocenters. The van der Waals surface area contributed by atoms with E-state index in [0.717, 1.165) is 24.0 Å². The largest absolute Gasteiger partial charge is 0.469 e. The van der Waals surface area contributed by atoms with Gasteiger partial charge in [-0.3, -0.25) is 9.59 Å². The van der Waals surface area contributed by atoms with Crippen LogP contribution in [0.25, 0.3) is 0 Å². The number of hydrogen-bond donors (Lipinski definition) is 1. The van der Waals surface area contributed by atoms with Crippen molar-refractivity contribution < 1.29 is 19.1 Å². The monoisotopic (exact) mass is 305 g/mol. The maximum Gasteiger partial charge on any atom is 0.307 e. The quantitative estimate of drug-likeness (QED) is 0.847. The van der Waals surface area contributed by atoms with Gasteiger partial charge in [0.1, 0.15) is 0 Å². The number of aryl methyl sites for hydroxylation is 1. The van der Waals surface area contributed by atoms with E-state index in [1.807, 2.05) is 31.2 Å².